The van der Waals surface area contributed by atoms with E-state index in [0.29, 0.717) is 80.7 Å². The number of likely N-dealkylation sites (tertiary alicyclic amines) is 1. The molecule has 1 aliphatic rings. The molecule has 2 N–H and O–H groups in total. The molecule has 0 aliphatic carbocycles. The highest BCUT2D eigenvalue weighted by Gasteiger charge is 2.43. The van der Waals surface area contributed by atoms with Crippen molar-refractivity contribution in [3.63, 3.8) is 0 Å². The lowest BCUT2D eigenvalue weighted by Gasteiger charge is -2.41. The minimum Gasteiger partial charge on any atom is -0.487 e. The summed E-state index contributed by atoms with van der Waals surface area (Å²) in [5.74, 6) is -0.545. The van der Waals surface area contributed by atoms with Crippen LogP contribution >= 0.6 is 0 Å². The highest BCUT2D eigenvalue weighted by atomic mass is 28.4. The van der Waals surface area contributed by atoms with Gasteiger partial charge in [0.05, 0.1) is 24.8 Å². The normalized spacial score (nSPS) is 14.5. The van der Waals surface area contributed by atoms with Gasteiger partial charge >= 0.3 is 18.2 Å². The second-order valence-corrected chi connectivity index (χ2v) is 27.5. The first-order valence-electron chi connectivity index (χ1n) is 27.1. The molecule has 14 nitrogen and oxygen atoms in total. The molecule has 414 valence electrons. The van der Waals surface area contributed by atoms with Gasteiger partial charge in [0.1, 0.15) is 24.6 Å². The minimum atomic E-state index is -2.50. The SMILES string of the molecule is CC(C)(C)OC(=O)N(CCCCCC(=O)c1cccc(C(O)(C(=O)OCC2CCN(C(=O)OCc3ccccc3)CC2)c2ccccc2)c1)C[C@H](O[Si](C)(C)C(C)(C)C)c1ccc(OCc2ccccc2)c2[nH]c(=O)ccc12. The van der Waals surface area contributed by atoms with E-state index in [2.05, 4.69) is 38.8 Å². The number of ether oxygens (including phenoxy) is 4. The van der Waals surface area contributed by atoms with E-state index in [-0.39, 0.29) is 60.1 Å². The Kier molecular flexibility index (Phi) is 19.6. The molecule has 2 amide bonds. The van der Waals surface area contributed by atoms with E-state index in [4.69, 9.17) is 23.4 Å². The predicted octanol–water partition coefficient (Wildman–Crippen LogP) is 12.7. The smallest absolute Gasteiger partial charge is 0.410 e. The summed E-state index contributed by atoms with van der Waals surface area (Å²) in [5.41, 5.74) is 0.794. The largest absolute Gasteiger partial charge is 0.487 e. The van der Waals surface area contributed by atoms with Gasteiger partial charge in [0.2, 0.25) is 11.2 Å². The summed E-state index contributed by atoms with van der Waals surface area (Å²) in [6.07, 6.45) is 1.53. The Morgan fingerprint density at radius 1 is 0.731 bits per heavy atom. The summed E-state index contributed by atoms with van der Waals surface area (Å²) in [6.45, 7) is 18.2. The molecule has 0 spiro atoms. The van der Waals surface area contributed by atoms with Gasteiger partial charge in [-0.3, -0.25) is 9.59 Å². The van der Waals surface area contributed by atoms with Gasteiger partial charge in [-0.15, -0.1) is 0 Å². The van der Waals surface area contributed by atoms with E-state index in [0.717, 1.165) is 22.1 Å². The number of aliphatic hydroxyl groups is 1. The molecule has 0 bridgehead atoms. The Balaban J connectivity index is 1.01. The number of ketones is 1. The molecule has 15 heteroatoms. The van der Waals surface area contributed by atoms with Gasteiger partial charge in [0.15, 0.2) is 14.1 Å². The fourth-order valence-corrected chi connectivity index (χ4v) is 10.5. The van der Waals surface area contributed by atoms with Gasteiger partial charge in [-0.2, -0.15) is 0 Å². The molecule has 2 atom stereocenters. The molecule has 5 aromatic carbocycles. The van der Waals surface area contributed by atoms with Crippen LogP contribution in [0.2, 0.25) is 18.1 Å². The second kappa shape index (κ2) is 26.1. The van der Waals surface area contributed by atoms with Crippen LogP contribution in [-0.4, -0.2) is 90.5 Å². The third kappa shape index (κ3) is 15.6. The Bertz CT molecular complexity index is 3020. The molecule has 6 aromatic rings. The Hall–Kier alpha value is -7.07. The second-order valence-electron chi connectivity index (χ2n) is 22.8. The fourth-order valence-electron chi connectivity index (χ4n) is 9.20. The van der Waals surface area contributed by atoms with Crippen LogP contribution in [0.25, 0.3) is 10.9 Å². The third-order valence-electron chi connectivity index (χ3n) is 14.7. The monoisotopic (exact) mass is 1080 g/mol. The molecule has 1 aromatic heterocycles. The molecule has 1 unspecified atom stereocenters. The van der Waals surface area contributed by atoms with Crippen LogP contribution in [0.15, 0.2) is 144 Å². The molecule has 1 aliphatic heterocycles. The number of carbonyl (C=O) groups excluding carboxylic acids is 4. The number of aromatic amines is 1. The van der Waals surface area contributed by atoms with Crippen molar-refractivity contribution in [1.82, 2.24) is 14.8 Å². The first-order valence-corrected chi connectivity index (χ1v) is 30.0. The fraction of sp³-hybridized carbons (Fsp3) is 0.413. The zero-order valence-corrected chi connectivity index (χ0v) is 47.6. The summed E-state index contributed by atoms with van der Waals surface area (Å²) < 4.78 is 30.9. The number of hydrogen-bond donors (Lipinski definition) is 2. The highest BCUT2D eigenvalue weighted by Crippen LogP contribution is 2.42. The summed E-state index contributed by atoms with van der Waals surface area (Å²) in [6, 6.07) is 41.4. The average Bonchev–Trinajstić information content (AvgIpc) is 3.42. The number of nitrogens with one attached hydrogen (secondary N) is 1. The van der Waals surface area contributed by atoms with Crippen molar-refractivity contribution in [2.45, 2.75) is 129 Å². The number of hydrogen-bond acceptors (Lipinski definition) is 11. The average molecular weight is 1080 g/mol. The zero-order valence-electron chi connectivity index (χ0n) is 46.6. The van der Waals surface area contributed by atoms with E-state index >= 15 is 0 Å². The highest BCUT2D eigenvalue weighted by molar-refractivity contribution is 6.74. The summed E-state index contributed by atoms with van der Waals surface area (Å²) >= 11 is 0. The minimum absolute atomic E-state index is 0.0370. The first kappa shape index (κ1) is 58.6. The summed E-state index contributed by atoms with van der Waals surface area (Å²) in [5, 5.41) is 12.9. The van der Waals surface area contributed by atoms with Gasteiger partial charge in [0, 0.05) is 48.6 Å². The number of pyridine rings is 1. The van der Waals surface area contributed by atoms with Gasteiger partial charge in [-0.1, -0.05) is 142 Å². The topological polar surface area (TPSA) is 174 Å². The number of fused-ring (bicyclic) bond motifs is 1. The molecular weight excluding hydrogens is 1000 g/mol. The molecule has 1 fully saturated rings. The van der Waals surface area contributed by atoms with Crippen LogP contribution in [0.1, 0.15) is 124 Å². The summed E-state index contributed by atoms with van der Waals surface area (Å²) in [7, 11) is -2.50. The lowest BCUT2D eigenvalue weighted by atomic mass is 9.85. The number of carbonyl (C=O) groups is 4. The molecule has 7 rings (SSSR count). The quantitative estimate of drug-likeness (QED) is 0.0218. The standard InChI is InChI=1S/C63H77N3O11Si/c1-61(2,3)76-60(71)66(41-55(77-78(7,8)62(4,5)6)51-31-33-54(57-52(51)32-34-56(68)64-57)73-42-45-22-13-9-14-23-45)37-20-12-19-30-53(67)48-26-21-29-50(40-48)63(72,49-27-17-11-18-28-49)58(69)74-43-47-35-38-65(39-36-47)59(70)75-44-46-24-15-10-16-25-46/h9-11,13-18,21-29,31-34,40,47,55,72H,12,19-20,30,35-39,41-44H2,1-8H3,(H,64,68)/t55-,63?/m0/s1. The number of benzene rings is 5. The number of esters is 1. The molecule has 1 saturated heterocycles. The molecule has 78 heavy (non-hydrogen) atoms. The molecule has 0 radical (unpaired) electrons. The number of Topliss-reactive ketones (excluding diaryl/α,β-unsaturated/α-hetero) is 1. The Labute approximate surface area is 460 Å². The molecule has 0 saturated carbocycles. The van der Waals surface area contributed by atoms with Crippen LogP contribution in [0.5, 0.6) is 5.75 Å². The van der Waals surface area contributed by atoms with E-state index < -0.39 is 37.7 Å². The van der Waals surface area contributed by atoms with E-state index in [1.807, 2.05) is 93.6 Å². The molecular formula is C63H77N3O11Si. The number of H-pyrrole nitrogens is 1. The van der Waals surface area contributed by atoms with Crippen LogP contribution in [0.4, 0.5) is 9.59 Å². The lowest BCUT2D eigenvalue weighted by Crippen LogP contribution is -2.46. The third-order valence-corrected chi connectivity index (χ3v) is 19.2. The van der Waals surface area contributed by atoms with E-state index in [1.54, 1.807) is 70.5 Å². The number of piperidine rings is 1. The van der Waals surface area contributed by atoms with Crippen LogP contribution in [-0.2, 0) is 42.2 Å². The van der Waals surface area contributed by atoms with Gasteiger partial charge in [-0.05, 0) is 111 Å². The van der Waals surface area contributed by atoms with Crippen molar-refractivity contribution in [3.8, 4) is 5.75 Å². The zero-order chi connectivity index (χ0) is 56.1. The van der Waals surface area contributed by atoms with Gasteiger partial charge < -0.3 is 43.3 Å². The number of rotatable bonds is 22. The number of nitrogens with zero attached hydrogens (tertiary/aromatic N) is 2. The summed E-state index contributed by atoms with van der Waals surface area (Å²) in [4.78, 5) is 74.2. The van der Waals surface area contributed by atoms with Crippen LogP contribution in [0, 0.1) is 5.92 Å². The van der Waals surface area contributed by atoms with Crippen molar-refractivity contribution in [2.75, 3.05) is 32.8 Å². The Morgan fingerprint density at radius 3 is 2.00 bits per heavy atom. The van der Waals surface area contributed by atoms with Crippen LogP contribution in [0.3, 0.4) is 0 Å². The first-order chi connectivity index (χ1) is 37.1. The van der Waals surface area contributed by atoms with Crippen molar-refractivity contribution in [3.05, 3.63) is 183 Å². The molecule has 2 heterocycles. The number of aromatic nitrogens is 1. The predicted molar refractivity (Wildman–Crippen MR) is 305 cm³/mol. The maximum absolute atomic E-state index is 14.2. The van der Waals surface area contributed by atoms with Crippen molar-refractivity contribution < 1.29 is 47.7 Å². The number of unbranched alkanes of at least 4 members (excludes halogenated alkanes) is 2. The van der Waals surface area contributed by atoms with Crippen LogP contribution < -0.4 is 10.3 Å². The number of amides is 2. The maximum Gasteiger partial charge on any atom is 0.410 e. The van der Waals surface area contributed by atoms with Crippen molar-refractivity contribution in [1.29, 1.82) is 0 Å². The van der Waals surface area contributed by atoms with Crippen molar-refractivity contribution >= 4 is 43.2 Å². The van der Waals surface area contributed by atoms with Gasteiger partial charge in [0.25, 0.3) is 0 Å². The van der Waals surface area contributed by atoms with E-state index in [9.17, 15) is 29.1 Å². The van der Waals surface area contributed by atoms with E-state index in [1.165, 1.54) is 6.07 Å². The maximum atomic E-state index is 14.2. The van der Waals surface area contributed by atoms with Gasteiger partial charge in [-0.25, -0.2) is 14.4 Å². The Morgan fingerprint density at radius 2 is 1.36 bits per heavy atom. The lowest BCUT2D eigenvalue weighted by molar-refractivity contribution is -0.164. The van der Waals surface area contributed by atoms with Crippen molar-refractivity contribution in [2.24, 2.45) is 5.92 Å².